The molecule has 0 heterocycles. The monoisotopic (exact) mass is 454 g/mol. The summed E-state index contributed by atoms with van der Waals surface area (Å²) in [7, 11) is -1.74. The van der Waals surface area contributed by atoms with Crippen molar-refractivity contribution in [2.45, 2.75) is 15.8 Å². The van der Waals surface area contributed by atoms with Gasteiger partial charge in [0.1, 0.15) is 6.04 Å². The molecule has 0 amide bonds. The van der Waals surface area contributed by atoms with Crippen LogP contribution in [0.25, 0.3) is 0 Å². The zero-order chi connectivity index (χ0) is 23.5. The van der Waals surface area contributed by atoms with E-state index >= 15 is 0 Å². The molecule has 0 aliphatic rings. The lowest BCUT2D eigenvalue weighted by Gasteiger charge is -2.22. The molecule has 0 aliphatic heterocycles. The van der Waals surface area contributed by atoms with Crippen molar-refractivity contribution < 1.29 is 29.6 Å². The molecule has 31 heavy (non-hydrogen) atoms. The number of aliphatic carboxylic acids is 1. The molecule has 2 aromatic rings. The highest BCUT2D eigenvalue weighted by Crippen LogP contribution is 2.53. The van der Waals surface area contributed by atoms with Gasteiger partial charge in [-0.05, 0) is 12.1 Å². The molecule has 1 atom stereocenters. The highest BCUT2D eigenvalue weighted by molar-refractivity contribution is 8.17. The quantitative estimate of drug-likeness (QED) is 0.412. The van der Waals surface area contributed by atoms with E-state index in [-0.39, 0.29) is 9.79 Å². The SMILES string of the molecule is N[C@@H](C[S](c1ccc([N+](=O)[O-])cc1[N+](=O)[O-])c1ccc([N+](=O)[O-])cc1[N+](=O)[O-])C(=O)O. The summed E-state index contributed by atoms with van der Waals surface area (Å²) >= 11 is 0. The van der Waals surface area contributed by atoms with Crippen LogP contribution in [-0.2, 0) is 4.79 Å². The van der Waals surface area contributed by atoms with E-state index in [0.29, 0.717) is 12.1 Å². The first-order valence-corrected chi connectivity index (χ1v) is 9.38. The van der Waals surface area contributed by atoms with Crippen molar-refractivity contribution in [3.05, 3.63) is 76.9 Å². The number of nitrogens with zero attached hydrogens (tertiary/aromatic N) is 4. The fourth-order valence-corrected chi connectivity index (χ4v) is 4.82. The third kappa shape index (κ3) is 5.06. The summed E-state index contributed by atoms with van der Waals surface area (Å²) in [4.78, 5) is 52.1. The van der Waals surface area contributed by atoms with Crippen LogP contribution in [0.2, 0.25) is 0 Å². The summed E-state index contributed by atoms with van der Waals surface area (Å²) in [6, 6.07) is 3.49. The fourth-order valence-electron chi connectivity index (χ4n) is 2.49. The first-order chi connectivity index (χ1) is 14.4. The van der Waals surface area contributed by atoms with Crippen LogP contribution in [0.3, 0.4) is 0 Å². The van der Waals surface area contributed by atoms with Gasteiger partial charge in [0.15, 0.2) is 0 Å². The van der Waals surface area contributed by atoms with Crippen molar-refractivity contribution in [1.82, 2.24) is 0 Å². The third-order valence-corrected chi connectivity index (χ3v) is 6.34. The van der Waals surface area contributed by atoms with E-state index in [1.807, 2.05) is 0 Å². The van der Waals surface area contributed by atoms with Gasteiger partial charge in [-0.1, -0.05) is 0 Å². The Labute approximate surface area is 174 Å². The van der Waals surface area contributed by atoms with Gasteiger partial charge in [-0.15, -0.1) is 10.9 Å². The Morgan fingerprint density at radius 2 is 1.23 bits per heavy atom. The zero-order valence-corrected chi connectivity index (χ0v) is 16.0. The number of nitro benzene ring substituents is 4. The number of hydrogen-bond donors (Lipinski definition) is 2. The molecule has 3 N–H and O–H groups in total. The Kier molecular flexibility index (Phi) is 6.78. The number of hydrogen-bond acceptors (Lipinski definition) is 10. The predicted molar refractivity (Wildman–Crippen MR) is 104 cm³/mol. The van der Waals surface area contributed by atoms with Gasteiger partial charge in [-0.3, -0.25) is 45.3 Å². The molecular weight excluding hydrogens is 442 g/mol. The molecule has 15 nitrogen and oxygen atoms in total. The fraction of sp³-hybridized carbons (Fsp3) is 0.133. The number of rotatable bonds is 9. The maximum atomic E-state index is 11.5. The second kappa shape index (κ2) is 9.09. The molecule has 0 bridgehead atoms. The molecule has 16 heteroatoms. The standard InChI is InChI=1S/C15H12N5O10S/c16-10(15(21)22)7-31(13-3-1-8(17(23)24)5-11(13)19(27)28)14-4-2-9(18(25)26)6-12(14)20(29)30/h1-6,10H,7,16H2,(H,21,22)/t10-/m0/s1. The number of nitrogens with two attached hydrogens (primary N) is 1. The zero-order valence-electron chi connectivity index (χ0n) is 15.1. The molecule has 2 rings (SSSR count). The minimum Gasteiger partial charge on any atom is -0.480 e. The van der Waals surface area contributed by atoms with Gasteiger partial charge in [-0.2, -0.15) is 0 Å². The topological polar surface area (TPSA) is 236 Å². The minimum absolute atomic E-state index is 0.246. The molecule has 0 aromatic heterocycles. The summed E-state index contributed by atoms with van der Waals surface area (Å²) in [6.45, 7) is 0. The van der Waals surface area contributed by atoms with Gasteiger partial charge < -0.3 is 10.8 Å². The molecule has 2 aromatic carbocycles. The van der Waals surface area contributed by atoms with Crippen LogP contribution in [0.1, 0.15) is 0 Å². The second-order valence-corrected chi connectivity index (χ2v) is 7.83. The lowest BCUT2D eigenvalue weighted by atomic mass is 10.3. The average Bonchev–Trinajstić information content (AvgIpc) is 2.70. The van der Waals surface area contributed by atoms with Crippen LogP contribution in [0.4, 0.5) is 22.7 Å². The minimum atomic E-state index is -1.74. The smallest absolute Gasteiger partial charge is 0.321 e. The van der Waals surface area contributed by atoms with Gasteiger partial charge in [0.2, 0.25) is 0 Å². The van der Waals surface area contributed by atoms with Crippen LogP contribution < -0.4 is 5.73 Å². The Bertz CT molecular complexity index is 1030. The molecule has 0 aliphatic carbocycles. The lowest BCUT2D eigenvalue weighted by molar-refractivity contribution is -0.396. The van der Waals surface area contributed by atoms with Crippen molar-refractivity contribution in [2.75, 3.05) is 5.75 Å². The van der Waals surface area contributed by atoms with Crippen LogP contribution >= 0.6 is 10.9 Å². The number of benzene rings is 2. The van der Waals surface area contributed by atoms with Crippen molar-refractivity contribution >= 4 is 39.6 Å². The summed E-state index contributed by atoms with van der Waals surface area (Å²) < 4.78 is 0. The largest absolute Gasteiger partial charge is 0.480 e. The van der Waals surface area contributed by atoms with Gasteiger partial charge in [-0.25, -0.2) is 0 Å². The Hall–Kier alpha value is -4.18. The van der Waals surface area contributed by atoms with Gasteiger partial charge in [0, 0.05) is 17.9 Å². The van der Waals surface area contributed by atoms with Crippen LogP contribution in [0.15, 0.2) is 46.2 Å². The molecular formula is C15H12N5O10S. The van der Waals surface area contributed by atoms with Crippen LogP contribution in [0.5, 0.6) is 0 Å². The number of nitro groups is 4. The molecule has 0 saturated carbocycles. The lowest BCUT2D eigenvalue weighted by Crippen LogP contribution is -2.33. The van der Waals surface area contributed by atoms with Crippen molar-refractivity contribution in [2.24, 2.45) is 5.73 Å². The van der Waals surface area contributed by atoms with Gasteiger partial charge >= 0.3 is 5.97 Å². The van der Waals surface area contributed by atoms with E-state index in [4.69, 9.17) is 10.8 Å². The van der Waals surface area contributed by atoms with Gasteiger partial charge in [0.05, 0.1) is 41.6 Å². The first-order valence-electron chi connectivity index (χ1n) is 7.99. The van der Waals surface area contributed by atoms with E-state index in [2.05, 4.69) is 0 Å². The Morgan fingerprint density at radius 1 is 0.839 bits per heavy atom. The molecule has 0 unspecified atom stereocenters. The van der Waals surface area contributed by atoms with E-state index in [9.17, 15) is 45.3 Å². The van der Waals surface area contributed by atoms with Crippen molar-refractivity contribution in [3.63, 3.8) is 0 Å². The van der Waals surface area contributed by atoms with Crippen molar-refractivity contribution in [3.8, 4) is 0 Å². The molecule has 0 spiro atoms. The highest BCUT2D eigenvalue weighted by atomic mass is 32.2. The Morgan fingerprint density at radius 3 is 1.52 bits per heavy atom. The van der Waals surface area contributed by atoms with E-state index in [0.717, 1.165) is 24.3 Å². The summed E-state index contributed by atoms with van der Waals surface area (Å²) in [5.74, 6) is -2.03. The number of carbonyl (C=O) groups is 1. The van der Waals surface area contributed by atoms with Crippen LogP contribution in [0, 0.1) is 40.5 Å². The third-order valence-electron chi connectivity index (χ3n) is 3.89. The van der Waals surface area contributed by atoms with Gasteiger partial charge in [0.25, 0.3) is 22.7 Å². The number of carboxylic acid groups (broad SMARTS) is 1. The Balaban J connectivity index is 2.81. The predicted octanol–water partition coefficient (Wildman–Crippen LogP) is 2.42. The summed E-state index contributed by atoms with van der Waals surface area (Å²) in [6.07, 6.45) is 0. The second-order valence-electron chi connectivity index (χ2n) is 5.83. The van der Waals surface area contributed by atoms with E-state index in [1.165, 1.54) is 0 Å². The highest BCUT2D eigenvalue weighted by Gasteiger charge is 2.33. The number of carboxylic acids is 1. The van der Waals surface area contributed by atoms with E-state index in [1.54, 1.807) is 0 Å². The summed E-state index contributed by atoms with van der Waals surface area (Å²) in [5.41, 5.74) is 2.75. The summed E-state index contributed by atoms with van der Waals surface area (Å²) in [5, 5.41) is 54.2. The first kappa shape index (κ1) is 23.1. The average molecular weight is 454 g/mol. The maximum absolute atomic E-state index is 11.5. The number of non-ortho nitro benzene ring substituents is 2. The van der Waals surface area contributed by atoms with Crippen molar-refractivity contribution in [1.29, 1.82) is 0 Å². The normalized spacial score (nSPS) is 11.7. The molecule has 0 fully saturated rings. The van der Waals surface area contributed by atoms with E-state index < -0.39 is 71.1 Å². The maximum Gasteiger partial charge on any atom is 0.321 e. The molecule has 0 saturated heterocycles. The van der Waals surface area contributed by atoms with Crippen LogP contribution in [-0.4, -0.2) is 42.6 Å². The molecule has 1 radical (unpaired) electrons. The molecule has 163 valence electrons.